The van der Waals surface area contributed by atoms with Crippen LogP contribution in [0.2, 0.25) is 0 Å². The summed E-state index contributed by atoms with van der Waals surface area (Å²) in [6.45, 7) is 0. The molecule has 3 aromatic carbocycles. The highest BCUT2D eigenvalue weighted by Gasteiger charge is 2.21. The van der Waals surface area contributed by atoms with Gasteiger partial charge in [-0.1, -0.05) is 62.2 Å². The lowest BCUT2D eigenvalue weighted by atomic mass is 10.0. The predicted octanol–water partition coefficient (Wildman–Crippen LogP) is 6.01. The number of benzene rings is 3. The van der Waals surface area contributed by atoms with Crippen LogP contribution in [-0.4, -0.2) is 0 Å². The van der Waals surface area contributed by atoms with Crippen LogP contribution < -0.4 is 0 Å². The van der Waals surface area contributed by atoms with Crippen molar-refractivity contribution >= 4 is 42.6 Å². The minimum atomic E-state index is 1.13. The summed E-state index contributed by atoms with van der Waals surface area (Å²) >= 11 is 7.21. The van der Waals surface area contributed by atoms with Gasteiger partial charge in [-0.05, 0) is 51.2 Å². The first kappa shape index (κ1) is 10.8. The molecule has 0 heterocycles. The maximum Gasteiger partial charge on any atom is 0.0254 e. The normalized spacial score (nSPS) is 11.9. The molecule has 0 spiro atoms. The number of hydrogen-bond acceptors (Lipinski definition) is 0. The molecule has 0 bridgehead atoms. The van der Waals surface area contributed by atoms with E-state index in [-0.39, 0.29) is 0 Å². The number of fused-ring (bicyclic) bond motifs is 3. The quantitative estimate of drug-likeness (QED) is 0.360. The van der Waals surface area contributed by atoms with Crippen molar-refractivity contribution < 1.29 is 0 Å². The minimum Gasteiger partial charge on any atom is -0.0610 e. The summed E-state index contributed by atoms with van der Waals surface area (Å²) in [7, 11) is 0. The topological polar surface area (TPSA) is 0 Å². The maximum atomic E-state index is 3.64. The molecular formula is C16H8Br2. The van der Waals surface area contributed by atoms with Crippen LogP contribution in [0.15, 0.2) is 57.5 Å². The molecule has 0 nitrogen and oxygen atoms in total. The molecule has 0 fully saturated rings. The van der Waals surface area contributed by atoms with Crippen LogP contribution in [-0.2, 0) is 0 Å². The van der Waals surface area contributed by atoms with Crippen LogP contribution in [0.5, 0.6) is 0 Å². The largest absolute Gasteiger partial charge is 0.0610 e. The van der Waals surface area contributed by atoms with Crippen molar-refractivity contribution in [1.29, 1.82) is 0 Å². The lowest BCUT2D eigenvalue weighted by Crippen LogP contribution is -1.77. The Morgan fingerprint density at radius 2 is 1.44 bits per heavy atom. The van der Waals surface area contributed by atoms with E-state index >= 15 is 0 Å². The molecule has 86 valence electrons. The molecule has 4 rings (SSSR count). The van der Waals surface area contributed by atoms with Crippen LogP contribution in [0.3, 0.4) is 0 Å². The second-order valence-electron chi connectivity index (χ2n) is 4.51. The first-order chi connectivity index (χ1) is 8.75. The van der Waals surface area contributed by atoms with Crippen molar-refractivity contribution in [2.24, 2.45) is 0 Å². The van der Waals surface area contributed by atoms with Crippen LogP contribution in [0.4, 0.5) is 0 Å². The molecule has 3 aromatic rings. The molecule has 0 unspecified atom stereocenters. The zero-order chi connectivity index (χ0) is 12.3. The van der Waals surface area contributed by atoms with E-state index in [0.717, 1.165) is 8.95 Å². The standard InChI is InChI=1S/C16H8Br2/c17-9-4-5-10-11-2-1-3-13-15(18)7-6-12(16(11)13)14(10)8-9/h1-8H. The van der Waals surface area contributed by atoms with E-state index in [9.17, 15) is 0 Å². The number of halogens is 2. The summed E-state index contributed by atoms with van der Waals surface area (Å²) < 4.78 is 2.29. The zero-order valence-corrected chi connectivity index (χ0v) is 12.5. The van der Waals surface area contributed by atoms with Gasteiger partial charge in [0.2, 0.25) is 0 Å². The van der Waals surface area contributed by atoms with Crippen LogP contribution in [0.1, 0.15) is 0 Å². The summed E-state index contributed by atoms with van der Waals surface area (Å²) in [5.41, 5.74) is 5.33. The lowest BCUT2D eigenvalue weighted by molar-refractivity contribution is 1.65. The highest BCUT2D eigenvalue weighted by atomic mass is 79.9. The van der Waals surface area contributed by atoms with Crippen molar-refractivity contribution in [1.82, 2.24) is 0 Å². The Bertz CT molecular complexity index is 804. The summed E-state index contributed by atoms with van der Waals surface area (Å²) in [5, 5.41) is 2.65. The van der Waals surface area contributed by atoms with Gasteiger partial charge in [-0.25, -0.2) is 0 Å². The van der Waals surface area contributed by atoms with Gasteiger partial charge in [0.25, 0.3) is 0 Å². The first-order valence-electron chi connectivity index (χ1n) is 5.77. The van der Waals surface area contributed by atoms with Gasteiger partial charge in [0.05, 0.1) is 0 Å². The monoisotopic (exact) mass is 358 g/mol. The second-order valence-corrected chi connectivity index (χ2v) is 6.28. The highest BCUT2D eigenvalue weighted by Crippen LogP contribution is 2.49. The summed E-state index contributed by atoms with van der Waals surface area (Å²) in [4.78, 5) is 0. The number of hydrogen-bond donors (Lipinski definition) is 0. The van der Waals surface area contributed by atoms with E-state index in [1.165, 1.54) is 33.0 Å². The Balaban J connectivity index is 2.26. The molecule has 18 heavy (non-hydrogen) atoms. The Labute approximate surface area is 122 Å². The Hall–Kier alpha value is -1.12. The van der Waals surface area contributed by atoms with Gasteiger partial charge in [-0.15, -0.1) is 0 Å². The second kappa shape index (κ2) is 3.69. The van der Waals surface area contributed by atoms with E-state index in [1.54, 1.807) is 0 Å². The fourth-order valence-electron chi connectivity index (χ4n) is 2.79. The van der Waals surface area contributed by atoms with Crippen molar-refractivity contribution in [3.05, 3.63) is 57.5 Å². The molecule has 1 aliphatic rings. The molecule has 0 aromatic heterocycles. The highest BCUT2D eigenvalue weighted by molar-refractivity contribution is 9.11. The third-order valence-corrected chi connectivity index (χ3v) is 4.73. The molecule has 0 saturated heterocycles. The molecule has 1 aliphatic carbocycles. The van der Waals surface area contributed by atoms with Gasteiger partial charge < -0.3 is 0 Å². The molecule has 0 saturated carbocycles. The fraction of sp³-hybridized carbons (Fsp3) is 0. The van der Waals surface area contributed by atoms with Gasteiger partial charge in [0, 0.05) is 8.95 Å². The van der Waals surface area contributed by atoms with Crippen molar-refractivity contribution in [3.63, 3.8) is 0 Å². The van der Waals surface area contributed by atoms with Crippen LogP contribution >= 0.6 is 31.9 Å². The predicted molar refractivity (Wildman–Crippen MR) is 83.8 cm³/mol. The van der Waals surface area contributed by atoms with Crippen molar-refractivity contribution in [2.75, 3.05) is 0 Å². The van der Waals surface area contributed by atoms with Gasteiger partial charge >= 0.3 is 0 Å². The van der Waals surface area contributed by atoms with Crippen molar-refractivity contribution in [2.45, 2.75) is 0 Å². The number of rotatable bonds is 0. The van der Waals surface area contributed by atoms with Gasteiger partial charge in [-0.2, -0.15) is 0 Å². The lowest BCUT2D eigenvalue weighted by Gasteiger charge is -2.03. The average molecular weight is 360 g/mol. The molecule has 0 amide bonds. The van der Waals surface area contributed by atoms with Crippen LogP contribution in [0, 0.1) is 0 Å². The smallest absolute Gasteiger partial charge is 0.0254 e. The van der Waals surface area contributed by atoms with Gasteiger partial charge in [0.15, 0.2) is 0 Å². The molecule has 0 radical (unpaired) electrons. The minimum absolute atomic E-state index is 1.13. The maximum absolute atomic E-state index is 3.64. The summed E-state index contributed by atoms with van der Waals surface area (Å²) in [6.07, 6.45) is 0. The molecule has 0 N–H and O–H groups in total. The average Bonchev–Trinajstić information content (AvgIpc) is 2.69. The summed E-state index contributed by atoms with van der Waals surface area (Å²) in [5.74, 6) is 0. The molecule has 0 atom stereocenters. The first-order valence-corrected chi connectivity index (χ1v) is 7.36. The van der Waals surface area contributed by atoms with E-state index < -0.39 is 0 Å². The van der Waals surface area contributed by atoms with Gasteiger partial charge in [-0.3, -0.25) is 0 Å². The Morgan fingerprint density at radius 1 is 0.667 bits per heavy atom. The van der Waals surface area contributed by atoms with E-state index in [0.29, 0.717) is 0 Å². The fourth-order valence-corrected chi connectivity index (χ4v) is 3.62. The Kier molecular flexibility index (Phi) is 2.21. The third kappa shape index (κ3) is 1.30. The molecular weight excluding hydrogens is 352 g/mol. The van der Waals surface area contributed by atoms with E-state index in [1.807, 2.05) is 0 Å². The van der Waals surface area contributed by atoms with Crippen molar-refractivity contribution in [3.8, 4) is 22.3 Å². The Morgan fingerprint density at radius 3 is 2.33 bits per heavy atom. The third-order valence-electron chi connectivity index (χ3n) is 3.55. The van der Waals surface area contributed by atoms with E-state index in [2.05, 4.69) is 80.4 Å². The molecule has 0 aliphatic heterocycles. The SMILES string of the molecule is Brc1ccc2c(c1)-c1ccc(Br)c3cccc-2c13. The van der Waals surface area contributed by atoms with Crippen LogP contribution in [0.25, 0.3) is 33.0 Å². The van der Waals surface area contributed by atoms with E-state index in [4.69, 9.17) is 0 Å². The zero-order valence-electron chi connectivity index (χ0n) is 9.37. The van der Waals surface area contributed by atoms with Gasteiger partial charge in [0.1, 0.15) is 0 Å². The summed E-state index contributed by atoms with van der Waals surface area (Å²) in [6, 6.07) is 17.4. The molecule has 2 heteroatoms.